The predicted octanol–water partition coefficient (Wildman–Crippen LogP) is 2.67. The monoisotopic (exact) mass is 332 g/mol. The van der Waals surface area contributed by atoms with Gasteiger partial charge in [-0.1, -0.05) is 18.6 Å². The lowest BCUT2D eigenvalue weighted by molar-refractivity contribution is -0.136. The molecule has 1 aliphatic carbocycles. The Morgan fingerprint density at radius 3 is 2.79 bits per heavy atom. The minimum absolute atomic E-state index is 0.0925. The molecule has 1 atom stereocenters. The Bertz CT molecular complexity index is 601. The molecule has 1 saturated heterocycles. The molecule has 0 bridgehead atoms. The second-order valence-corrected chi connectivity index (χ2v) is 6.91. The van der Waals surface area contributed by atoms with E-state index < -0.39 is 0 Å². The van der Waals surface area contributed by atoms with Crippen molar-refractivity contribution in [3.8, 4) is 0 Å². The van der Waals surface area contributed by atoms with Gasteiger partial charge in [-0.25, -0.2) is 4.39 Å². The number of halogens is 1. The number of benzene rings is 1. The maximum absolute atomic E-state index is 13.5. The zero-order valence-corrected chi connectivity index (χ0v) is 14.0. The van der Waals surface area contributed by atoms with E-state index in [0.29, 0.717) is 19.4 Å². The molecule has 1 heterocycles. The third-order valence-electron chi connectivity index (χ3n) is 5.15. The summed E-state index contributed by atoms with van der Waals surface area (Å²) in [5.74, 6) is 0.0992. The van der Waals surface area contributed by atoms with Gasteiger partial charge in [-0.2, -0.15) is 0 Å². The van der Waals surface area contributed by atoms with Crippen LogP contribution in [0.15, 0.2) is 24.3 Å². The molecule has 2 amide bonds. The van der Waals surface area contributed by atoms with Crippen LogP contribution in [-0.2, 0) is 16.0 Å². The number of hydrogen-bond acceptors (Lipinski definition) is 2. The van der Waals surface area contributed by atoms with Gasteiger partial charge in [-0.15, -0.1) is 0 Å². The van der Waals surface area contributed by atoms with Crippen molar-refractivity contribution in [2.75, 3.05) is 13.1 Å². The zero-order chi connectivity index (χ0) is 16.9. The number of likely N-dealkylation sites (tertiary alicyclic amines) is 1. The van der Waals surface area contributed by atoms with Crippen molar-refractivity contribution in [3.63, 3.8) is 0 Å². The number of carbonyl (C=O) groups is 2. The van der Waals surface area contributed by atoms with Gasteiger partial charge in [0.2, 0.25) is 11.8 Å². The van der Waals surface area contributed by atoms with Crippen LogP contribution in [0.25, 0.3) is 0 Å². The van der Waals surface area contributed by atoms with Crippen molar-refractivity contribution in [1.29, 1.82) is 0 Å². The number of piperidine rings is 1. The van der Waals surface area contributed by atoms with Crippen molar-refractivity contribution in [2.45, 2.75) is 51.0 Å². The van der Waals surface area contributed by atoms with E-state index in [2.05, 4.69) is 5.32 Å². The first kappa shape index (κ1) is 16.9. The molecule has 1 saturated carbocycles. The smallest absolute Gasteiger partial charge is 0.223 e. The van der Waals surface area contributed by atoms with Crippen LogP contribution in [0, 0.1) is 11.7 Å². The van der Waals surface area contributed by atoms with E-state index in [1.807, 2.05) is 11.0 Å². The van der Waals surface area contributed by atoms with Gasteiger partial charge in [0.05, 0.1) is 6.04 Å². The highest BCUT2D eigenvalue weighted by Crippen LogP contribution is 2.26. The lowest BCUT2D eigenvalue weighted by Crippen LogP contribution is -2.50. The summed E-state index contributed by atoms with van der Waals surface area (Å²) >= 11 is 0. The molecule has 1 aromatic rings. The summed E-state index contributed by atoms with van der Waals surface area (Å²) in [5.41, 5.74) is 0.858. The molecule has 24 heavy (non-hydrogen) atoms. The summed E-state index contributed by atoms with van der Waals surface area (Å²) < 4.78 is 13.5. The fourth-order valence-corrected chi connectivity index (χ4v) is 3.47. The van der Waals surface area contributed by atoms with Crippen LogP contribution in [0.4, 0.5) is 4.39 Å². The summed E-state index contributed by atoms with van der Waals surface area (Å²) in [6.07, 6.45) is 6.09. The Morgan fingerprint density at radius 1 is 1.29 bits per heavy atom. The quantitative estimate of drug-likeness (QED) is 0.871. The molecule has 1 N–H and O–H groups in total. The summed E-state index contributed by atoms with van der Waals surface area (Å²) in [6, 6.07) is 6.38. The molecule has 1 aliphatic heterocycles. The van der Waals surface area contributed by atoms with E-state index in [4.69, 9.17) is 0 Å². The third kappa shape index (κ3) is 4.13. The van der Waals surface area contributed by atoms with Crippen LogP contribution in [0.2, 0.25) is 0 Å². The van der Waals surface area contributed by atoms with Crippen molar-refractivity contribution in [2.24, 2.45) is 5.92 Å². The molecule has 0 unspecified atom stereocenters. The molecular formula is C19H25FN2O2. The summed E-state index contributed by atoms with van der Waals surface area (Å²) in [7, 11) is 0. The number of nitrogens with one attached hydrogen (secondary N) is 1. The Balaban J connectivity index is 1.67. The maximum atomic E-state index is 13.5. The summed E-state index contributed by atoms with van der Waals surface area (Å²) in [5, 5.41) is 3.01. The molecule has 4 nitrogen and oxygen atoms in total. The molecule has 5 heteroatoms. The van der Waals surface area contributed by atoms with Crippen LogP contribution in [0.5, 0.6) is 0 Å². The number of amides is 2. The number of nitrogens with zero attached hydrogens (tertiary/aromatic N) is 1. The normalized spacial score (nSPS) is 19.7. The average Bonchev–Trinajstić information content (AvgIpc) is 2.50. The first-order chi connectivity index (χ1) is 11.6. The largest absolute Gasteiger partial charge is 0.354 e. The minimum Gasteiger partial charge on any atom is -0.354 e. The van der Waals surface area contributed by atoms with Crippen LogP contribution in [0.1, 0.15) is 44.1 Å². The molecule has 0 aromatic heterocycles. The van der Waals surface area contributed by atoms with Crippen LogP contribution in [-0.4, -0.2) is 35.8 Å². The van der Waals surface area contributed by atoms with Crippen molar-refractivity contribution in [3.05, 3.63) is 35.6 Å². The third-order valence-corrected chi connectivity index (χ3v) is 5.15. The standard InChI is InChI=1S/C19H25FN2O2/c20-16-8-3-5-14(11-16)12-17(22-10-2-1-9-18(22)23)13-21-19(24)15-6-4-7-15/h3,5,8,11,15,17H,1-2,4,6-7,9-10,12-13H2,(H,21,24)/t17-/m0/s1. The lowest BCUT2D eigenvalue weighted by Gasteiger charge is -2.35. The molecule has 2 fully saturated rings. The van der Waals surface area contributed by atoms with Gasteiger partial charge in [0.1, 0.15) is 5.82 Å². The van der Waals surface area contributed by atoms with E-state index in [9.17, 15) is 14.0 Å². The van der Waals surface area contributed by atoms with Gasteiger partial charge in [-0.05, 0) is 49.8 Å². The average molecular weight is 332 g/mol. The second kappa shape index (κ2) is 7.77. The highest BCUT2D eigenvalue weighted by atomic mass is 19.1. The van der Waals surface area contributed by atoms with E-state index in [-0.39, 0.29) is 29.6 Å². The number of hydrogen-bond donors (Lipinski definition) is 1. The molecular weight excluding hydrogens is 307 g/mol. The van der Waals surface area contributed by atoms with Gasteiger partial charge in [-0.3, -0.25) is 9.59 Å². The molecule has 2 aliphatic rings. The van der Waals surface area contributed by atoms with E-state index in [0.717, 1.165) is 44.2 Å². The molecule has 0 radical (unpaired) electrons. The minimum atomic E-state index is -0.269. The van der Waals surface area contributed by atoms with Crippen molar-refractivity contribution < 1.29 is 14.0 Å². The molecule has 3 rings (SSSR count). The van der Waals surface area contributed by atoms with Gasteiger partial charge in [0.15, 0.2) is 0 Å². The zero-order valence-electron chi connectivity index (χ0n) is 14.0. The molecule has 1 aromatic carbocycles. The van der Waals surface area contributed by atoms with Gasteiger partial charge >= 0.3 is 0 Å². The fourth-order valence-electron chi connectivity index (χ4n) is 3.47. The summed E-state index contributed by atoms with van der Waals surface area (Å²) in [4.78, 5) is 26.3. The lowest BCUT2D eigenvalue weighted by atomic mass is 9.85. The Labute approximate surface area is 142 Å². The Hall–Kier alpha value is -1.91. The highest BCUT2D eigenvalue weighted by molar-refractivity contribution is 5.80. The van der Waals surface area contributed by atoms with Crippen molar-refractivity contribution in [1.82, 2.24) is 10.2 Å². The Morgan fingerprint density at radius 2 is 2.12 bits per heavy atom. The number of rotatable bonds is 6. The van der Waals surface area contributed by atoms with E-state index >= 15 is 0 Å². The van der Waals surface area contributed by atoms with Crippen LogP contribution < -0.4 is 5.32 Å². The van der Waals surface area contributed by atoms with E-state index in [1.165, 1.54) is 12.1 Å². The second-order valence-electron chi connectivity index (χ2n) is 6.91. The van der Waals surface area contributed by atoms with Crippen LogP contribution in [0.3, 0.4) is 0 Å². The molecule has 130 valence electrons. The van der Waals surface area contributed by atoms with Gasteiger partial charge in [0, 0.05) is 25.4 Å². The van der Waals surface area contributed by atoms with Gasteiger partial charge in [0.25, 0.3) is 0 Å². The Kier molecular flexibility index (Phi) is 5.48. The molecule has 0 spiro atoms. The van der Waals surface area contributed by atoms with Crippen LogP contribution >= 0.6 is 0 Å². The summed E-state index contributed by atoms with van der Waals surface area (Å²) in [6.45, 7) is 1.16. The maximum Gasteiger partial charge on any atom is 0.223 e. The first-order valence-corrected chi connectivity index (χ1v) is 8.95. The SMILES string of the molecule is O=C(NC[C@H](Cc1cccc(F)c1)N1CCCCC1=O)C1CCC1. The van der Waals surface area contributed by atoms with Gasteiger partial charge < -0.3 is 10.2 Å². The topological polar surface area (TPSA) is 49.4 Å². The first-order valence-electron chi connectivity index (χ1n) is 8.95. The highest BCUT2D eigenvalue weighted by Gasteiger charge is 2.29. The predicted molar refractivity (Wildman–Crippen MR) is 89.8 cm³/mol. The fraction of sp³-hybridized carbons (Fsp3) is 0.579. The number of carbonyl (C=O) groups excluding carboxylic acids is 2. The van der Waals surface area contributed by atoms with Crippen molar-refractivity contribution >= 4 is 11.8 Å². The van der Waals surface area contributed by atoms with E-state index in [1.54, 1.807) is 6.07 Å².